The van der Waals surface area contributed by atoms with E-state index >= 15 is 0 Å². The Labute approximate surface area is 115 Å². The number of rotatable bonds is 10. The van der Waals surface area contributed by atoms with Crippen molar-refractivity contribution in [1.82, 2.24) is 0 Å². The Hall–Kier alpha value is -0.200. The molecule has 2 rings (SSSR count). The van der Waals surface area contributed by atoms with Crippen molar-refractivity contribution in [3.05, 3.63) is 0 Å². The largest absolute Gasteiger partial charge is 0.387 e. The van der Waals surface area contributed by atoms with Crippen LogP contribution in [0.25, 0.3) is 0 Å². The maximum Gasteiger partial charge on any atom is 0.0936 e. The van der Waals surface area contributed by atoms with Crippen LogP contribution in [0.5, 0.6) is 0 Å². The summed E-state index contributed by atoms with van der Waals surface area (Å²) in [5.74, 6) is 0. The van der Waals surface area contributed by atoms with Crippen LogP contribution in [0, 0.1) is 0 Å². The van der Waals surface area contributed by atoms with E-state index in [1.54, 1.807) is 0 Å². The molecule has 2 saturated heterocycles. The van der Waals surface area contributed by atoms with Crippen LogP contribution in [0.15, 0.2) is 0 Å². The van der Waals surface area contributed by atoms with E-state index in [1.807, 2.05) is 20.8 Å². The molecule has 112 valence electrons. The van der Waals surface area contributed by atoms with Gasteiger partial charge in [-0.15, -0.1) is 0 Å². The van der Waals surface area contributed by atoms with Crippen molar-refractivity contribution >= 4 is 0 Å². The molecule has 0 aromatic carbocycles. The van der Waals surface area contributed by atoms with E-state index in [4.69, 9.17) is 18.9 Å². The molecule has 2 heterocycles. The van der Waals surface area contributed by atoms with E-state index in [1.165, 1.54) is 0 Å². The summed E-state index contributed by atoms with van der Waals surface area (Å²) in [5.41, 5.74) is -1.27. The molecule has 0 saturated carbocycles. The molecule has 0 aliphatic carbocycles. The summed E-state index contributed by atoms with van der Waals surface area (Å²) in [6, 6.07) is 0. The number of hydrogen-bond donors (Lipinski definition) is 1. The molecular weight excluding hydrogens is 248 g/mol. The van der Waals surface area contributed by atoms with Gasteiger partial charge in [-0.25, -0.2) is 0 Å². The van der Waals surface area contributed by atoms with Crippen molar-refractivity contribution in [3.63, 3.8) is 0 Å². The molecule has 0 aromatic heterocycles. The number of epoxide rings is 2. The van der Waals surface area contributed by atoms with Gasteiger partial charge in [-0.3, -0.25) is 0 Å². The average Bonchev–Trinajstić information content (AvgIpc) is 3.20. The molecule has 0 amide bonds. The Balaban J connectivity index is 1.79. The van der Waals surface area contributed by atoms with Crippen molar-refractivity contribution in [1.29, 1.82) is 0 Å². The van der Waals surface area contributed by atoms with E-state index in [9.17, 15) is 5.11 Å². The maximum atomic E-state index is 10.8. The highest BCUT2D eigenvalue weighted by molar-refractivity contribution is 5.02. The fraction of sp³-hybridized carbons (Fsp3) is 1.00. The zero-order valence-electron chi connectivity index (χ0n) is 12.2. The summed E-state index contributed by atoms with van der Waals surface area (Å²) >= 11 is 0. The molecule has 2 fully saturated rings. The zero-order valence-corrected chi connectivity index (χ0v) is 12.2. The molecule has 5 nitrogen and oxygen atoms in total. The molecule has 19 heavy (non-hydrogen) atoms. The first-order chi connectivity index (χ1) is 8.89. The summed E-state index contributed by atoms with van der Waals surface area (Å²) in [6.45, 7) is 9.48. The van der Waals surface area contributed by atoms with Crippen LogP contribution < -0.4 is 0 Å². The number of hydrogen-bond acceptors (Lipinski definition) is 5. The highest BCUT2D eigenvalue weighted by Crippen LogP contribution is 2.42. The first-order valence-corrected chi connectivity index (χ1v) is 7.05. The van der Waals surface area contributed by atoms with E-state index in [2.05, 4.69) is 0 Å². The van der Waals surface area contributed by atoms with Crippen molar-refractivity contribution in [2.75, 3.05) is 39.6 Å². The highest BCUT2D eigenvalue weighted by Gasteiger charge is 2.52. The van der Waals surface area contributed by atoms with Crippen LogP contribution in [0.4, 0.5) is 0 Å². The second-order valence-corrected chi connectivity index (χ2v) is 6.30. The molecule has 2 aliphatic heterocycles. The van der Waals surface area contributed by atoms with Crippen LogP contribution in [0.3, 0.4) is 0 Å². The second-order valence-electron chi connectivity index (χ2n) is 6.30. The normalized spacial score (nSPS) is 36.0. The van der Waals surface area contributed by atoms with Gasteiger partial charge in [-0.1, -0.05) is 0 Å². The first-order valence-electron chi connectivity index (χ1n) is 7.05. The lowest BCUT2D eigenvalue weighted by atomic mass is 9.84. The minimum atomic E-state index is -0.886. The van der Waals surface area contributed by atoms with Gasteiger partial charge in [-0.2, -0.15) is 0 Å². The van der Waals surface area contributed by atoms with E-state index in [0.29, 0.717) is 52.5 Å². The summed E-state index contributed by atoms with van der Waals surface area (Å²) in [4.78, 5) is 0. The topological polar surface area (TPSA) is 63.8 Å². The predicted octanol–water partition coefficient (Wildman–Crippen LogP) is 1.13. The lowest BCUT2D eigenvalue weighted by Crippen LogP contribution is -2.42. The lowest BCUT2D eigenvalue weighted by molar-refractivity contribution is -0.0853. The van der Waals surface area contributed by atoms with Crippen molar-refractivity contribution in [3.8, 4) is 0 Å². The van der Waals surface area contributed by atoms with Crippen LogP contribution >= 0.6 is 0 Å². The zero-order chi connectivity index (χ0) is 14.0. The van der Waals surface area contributed by atoms with Crippen molar-refractivity contribution in [2.45, 2.75) is 50.4 Å². The van der Waals surface area contributed by atoms with Gasteiger partial charge in [0.2, 0.25) is 0 Å². The van der Waals surface area contributed by atoms with Gasteiger partial charge < -0.3 is 24.1 Å². The molecule has 0 radical (unpaired) electrons. The number of ether oxygens (including phenoxy) is 4. The Morgan fingerprint density at radius 2 is 1.53 bits per heavy atom. The Kier molecular flexibility index (Phi) is 4.52. The lowest BCUT2D eigenvalue weighted by Gasteiger charge is -2.31. The van der Waals surface area contributed by atoms with Crippen LogP contribution in [0.1, 0.15) is 33.6 Å². The Bertz CT molecular complexity index is 276. The van der Waals surface area contributed by atoms with E-state index in [0.717, 1.165) is 0 Å². The monoisotopic (exact) mass is 274 g/mol. The molecule has 2 aliphatic rings. The fourth-order valence-electron chi connectivity index (χ4n) is 2.53. The molecule has 2 atom stereocenters. The predicted molar refractivity (Wildman–Crippen MR) is 70.2 cm³/mol. The van der Waals surface area contributed by atoms with Gasteiger partial charge in [0.05, 0.1) is 49.8 Å². The molecule has 5 heteroatoms. The molecule has 1 N–H and O–H groups in total. The van der Waals surface area contributed by atoms with E-state index in [-0.39, 0.29) is 11.2 Å². The second kappa shape index (κ2) is 5.66. The average molecular weight is 274 g/mol. The summed E-state index contributed by atoms with van der Waals surface area (Å²) in [7, 11) is 0. The third-order valence-electron chi connectivity index (χ3n) is 3.63. The third-order valence-corrected chi connectivity index (χ3v) is 3.63. The van der Waals surface area contributed by atoms with Crippen LogP contribution in [0.2, 0.25) is 0 Å². The fourth-order valence-corrected chi connectivity index (χ4v) is 2.53. The van der Waals surface area contributed by atoms with Gasteiger partial charge in [0.1, 0.15) is 0 Å². The molecule has 0 bridgehead atoms. The number of aliphatic hydroxyl groups is 1. The van der Waals surface area contributed by atoms with Crippen molar-refractivity contribution < 1.29 is 24.1 Å². The van der Waals surface area contributed by atoms with Gasteiger partial charge in [0.15, 0.2) is 0 Å². The SMILES string of the molecule is CCOCCOCC(O)(CC1(C)CO1)CC1(C)CO1. The van der Waals surface area contributed by atoms with Crippen LogP contribution in [-0.4, -0.2) is 61.6 Å². The molecule has 0 spiro atoms. The standard InChI is InChI=1S/C14H26O5/c1-4-16-5-6-17-11-14(15,7-12(2)9-18-12)8-13(3)10-19-13/h15H,4-11H2,1-3H3. The van der Waals surface area contributed by atoms with Gasteiger partial charge in [0.25, 0.3) is 0 Å². The minimum absolute atomic E-state index is 0.191. The van der Waals surface area contributed by atoms with Gasteiger partial charge in [-0.05, 0) is 20.8 Å². The van der Waals surface area contributed by atoms with Gasteiger partial charge >= 0.3 is 0 Å². The minimum Gasteiger partial charge on any atom is -0.387 e. The summed E-state index contributed by atoms with van der Waals surface area (Å²) in [6.07, 6.45) is 1.18. The van der Waals surface area contributed by atoms with Crippen LogP contribution in [-0.2, 0) is 18.9 Å². The quantitative estimate of drug-likeness (QED) is 0.478. The summed E-state index contributed by atoms with van der Waals surface area (Å²) < 4.78 is 21.6. The molecule has 0 aromatic rings. The Morgan fingerprint density at radius 3 is 1.95 bits per heavy atom. The molecule has 2 unspecified atom stereocenters. The smallest absolute Gasteiger partial charge is 0.0936 e. The van der Waals surface area contributed by atoms with E-state index < -0.39 is 5.60 Å². The molecular formula is C14H26O5. The third kappa shape index (κ3) is 5.00. The first kappa shape index (κ1) is 15.2. The van der Waals surface area contributed by atoms with Crippen molar-refractivity contribution in [2.24, 2.45) is 0 Å². The Morgan fingerprint density at radius 1 is 1.05 bits per heavy atom. The highest BCUT2D eigenvalue weighted by atomic mass is 16.6. The van der Waals surface area contributed by atoms with Gasteiger partial charge in [0, 0.05) is 19.4 Å². The summed E-state index contributed by atoms with van der Waals surface area (Å²) in [5, 5.41) is 10.8. The maximum absolute atomic E-state index is 10.8.